The lowest BCUT2D eigenvalue weighted by Gasteiger charge is -2.53. The maximum absolute atomic E-state index is 11.7. The fourth-order valence-electron chi connectivity index (χ4n) is 5.54. The van der Waals surface area contributed by atoms with Gasteiger partial charge in [-0.15, -0.1) is 0 Å². The van der Waals surface area contributed by atoms with Gasteiger partial charge in [0.1, 0.15) is 0 Å². The molecule has 6 atom stereocenters. The SMILES string of the molecule is O=C(O)[C@@H]1[C@H]2CCCC[C@H]2[C@@H]2CCCC[C@@H]2[C@@H]1C(=O)O. The molecule has 3 fully saturated rings. The molecule has 0 spiro atoms. The van der Waals surface area contributed by atoms with Gasteiger partial charge in [-0.25, -0.2) is 0 Å². The van der Waals surface area contributed by atoms with Gasteiger partial charge in [0.25, 0.3) is 0 Å². The number of carboxylic acid groups (broad SMARTS) is 2. The highest BCUT2D eigenvalue weighted by Gasteiger charge is 2.55. The van der Waals surface area contributed by atoms with Gasteiger partial charge in [0.05, 0.1) is 11.8 Å². The van der Waals surface area contributed by atoms with Crippen molar-refractivity contribution in [3.63, 3.8) is 0 Å². The van der Waals surface area contributed by atoms with Crippen LogP contribution in [0.5, 0.6) is 0 Å². The molecule has 0 heterocycles. The minimum Gasteiger partial charge on any atom is -0.481 e. The van der Waals surface area contributed by atoms with Crippen LogP contribution in [0.25, 0.3) is 0 Å². The fourth-order valence-corrected chi connectivity index (χ4v) is 5.54. The lowest BCUT2D eigenvalue weighted by Crippen LogP contribution is -2.53. The van der Waals surface area contributed by atoms with E-state index in [1.807, 2.05) is 0 Å². The second-order valence-corrected chi connectivity index (χ2v) is 6.95. The first-order valence-corrected chi connectivity index (χ1v) is 8.07. The molecule has 3 rings (SSSR count). The van der Waals surface area contributed by atoms with Crippen LogP contribution in [0.3, 0.4) is 0 Å². The van der Waals surface area contributed by atoms with Crippen molar-refractivity contribution in [1.82, 2.24) is 0 Å². The monoisotopic (exact) mass is 280 g/mol. The molecule has 20 heavy (non-hydrogen) atoms. The molecule has 0 aromatic heterocycles. The van der Waals surface area contributed by atoms with Crippen LogP contribution in [0.4, 0.5) is 0 Å². The number of aliphatic carboxylic acids is 2. The summed E-state index contributed by atoms with van der Waals surface area (Å²) >= 11 is 0. The Balaban J connectivity index is 1.98. The summed E-state index contributed by atoms with van der Waals surface area (Å²) in [5.74, 6) is -1.94. The average Bonchev–Trinajstić information content (AvgIpc) is 2.45. The van der Waals surface area contributed by atoms with E-state index in [1.165, 1.54) is 12.8 Å². The van der Waals surface area contributed by atoms with Crippen molar-refractivity contribution < 1.29 is 19.8 Å². The van der Waals surface area contributed by atoms with E-state index >= 15 is 0 Å². The topological polar surface area (TPSA) is 74.6 Å². The number of carboxylic acids is 2. The summed E-state index contributed by atoms with van der Waals surface area (Å²) in [6, 6.07) is 0. The minimum atomic E-state index is -0.877. The third-order valence-corrected chi connectivity index (χ3v) is 6.18. The van der Waals surface area contributed by atoms with Crippen molar-refractivity contribution >= 4 is 11.9 Å². The maximum atomic E-state index is 11.7. The first-order chi connectivity index (χ1) is 9.61. The summed E-state index contributed by atoms with van der Waals surface area (Å²) < 4.78 is 0. The van der Waals surface area contributed by atoms with Crippen molar-refractivity contribution in [3.8, 4) is 0 Å². The predicted octanol–water partition coefficient (Wildman–Crippen LogP) is 3.01. The van der Waals surface area contributed by atoms with Crippen LogP contribution < -0.4 is 0 Å². The van der Waals surface area contributed by atoms with E-state index in [0.29, 0.717) is 11.8 Å². The largest absolute Gasteiger partial charge is 0.481 e. The van der Waals surface area contributed by atoms with E-state index in [4.69, 9.17) is 0 Å². The smallest absolute Gasteiger partial charge is 0.307 e. The molecule has 3 aliphatic rings. The third-order valence-electron chi connectivity index (χ3n) is 6.18. The second kappa shape index (κ2) is 5.38. The molecule has 2 N–H and O–H groups in total. The van der Waals surface area contributed by atoms with Crippen LogP contribution >= 0.6 is 0 Å². The van der Waals surface area contributed by atoms with Gasteiger partial charge in [0.15, 0.2) is 0 Å². The van der Waals surface area contributed by atoms with E-state index in [-0.39, 0.29) is 11.8 Å². The molecule has 0 bridgehead atoms. The van der Waals surface area contributed by atoms with Crippen molar-refractivity contribution in [1.29, 1.82) is 0 Å². The van der Waals surface area contributed by atoms with Crippen LogP contribution in [0, 0.1) is 35.5 Å². The van der Waals surface area contributed by atoms with Crippen LogP contribution in [0.15, 0.2) is 0 Å². The van der Waals surface area contributed by atoms with Gasteiger partial charge in [-0.05, 0) is 49.4 Å². The number of hydrogen-bond donors (Lipinski definition) is 2. The van der Waals surface area contributed by atoms with E-state index < -0.39 is 23.8 Å². The molecule has 0 aliphatic heterocycles. The average molecular weight is 280 g/mol. The van der Waals surface area contributed by atoms with E-state index in [0.717, 1.165) is 38.5 Å². The molecule has 112 valence electrons. The lowest BCUT2D eigenvalue weighted by atomic mass is 9.50. The van der Waals surface area contributed by atoms with Crippen molar-refractivity contribution in [2.24, 2.45) is 35.5 Å². The Kier molecular flexibility index (Phi) is 3.74. The Bertz CT molecular complexity index is 367. The zero-order chi connectivity index (χ0) is 14.3. The molecule has 4 heteroatoms. The van der Waals surface area contributed by atoms with Crippen LogP contribution in [-0.4, -0.2) is 22.2 Å². The summed E-state index contributed by atoms with van der Waals surface area (Å²) in [6.45, 7) is 0. The molecule has 4 nitrogen and oxygen atoms in total. The zero-order valence-electron chi connectivity index (χ0n) is 11.8. The van der Waals surface area contributed by atoms with Crippen LogP contribution in [-0.2, 0) is 9.59 Å². The Labute approximate surface area is 119 Å². The molecule has 0 unspecified atom stereocenters. The molecule has 0 aromatic carbocycles. The molecular weight excluding hydrogens is 256 g/mol. The fraction of sp³-hybridized carbons (Fsp3) is 0.875. The molecule has 0 radical (unpaired) electrons. The zero-order valence-corrected chi connectivity index (χ0v) is 11.8. The summed E-state index contributed by atoms with van der Waals surface area (Å²) in [5, 5.41) is 19.2. The molecular formula is C16H24O4. The third kappa shape index (κ3) is 2.13. The van der Waals surface area contributed by atoms with Crippen molar-refractivity contribution in [3.05, 3.63) is 0 Å². The summed E-state index contributed by atoms with van der Waals surface area (Å²) in [7, 11) is 0. The van der Waals surface area contributed by atoms with Crippen molar-refractivity contribution in [2.75, 3.05) is 0 Å². The molecule has 0 saturated heterocycles. The van der Waals surface area contributed by atoms with E-state index in [2.05, 4.69) is 0 Å². The van der Waals surface area contributed by atoms with Gasteiger partial charge in [-0.3, -0.25) is 9.59 Å². The van der Waals surface area contributed by atoms with Gasteiger partial charge in [-0.2, -0.15) is 0 Å². The van der Waals surface area contributed by atoms with Gasteiger partial charge in [0.2, 0.25) is 0 Å². The number of carbonyl (C=O) groups is 2. The first-order valence-electron chi connectivity index (χ1n) is 8.07. The van der Waals surface area contributed by atoms with Gasteiger partial charge < -0.3 is 10.2 Å². The van der Waals surface area contributed by atoms with Crippen LogP contribution in [0.2, 0.25) is 0 Å². The predicted molar refractivity (Wildman–Crippen MR) is 73.1 cm³/mol. The summed E-state index contributed by atoms with van der Waals surface area (Å²) in [6.07, 6.45) is 8.56. The van der Waals surface area contributed by atoms with Gasteiger partial charge >= 0.3 is 11.9 Å². The summed E-state index contributed by atoms with van der Waals surface area (Å²) in [5.41, 5.74) is 0. The normalized spacial score (nSPS) is 44.2. The Morgan fingerprint density at radius 1 is 0.600 bits per heavy atom. The van der Waals surface area contributed by atoms with E-state index in [1.54, 1.807) is 0 Å². The van der Waals surface area contributed by atoms with Gasteiger partial charge in [-0.1, -0.05) is 25.7 Å². The molecule has 3 aliphatic carbocycles. The number of hydrogen-bond acceptors (Lipinski definition) is 2. The molecule has 3 saturated carbocycles. The Hall–Kier alpha value is -1.06. The highest BCUT2D eigenvalue weighted by molar-refractivity contribution is 5.81. The lowest BCUT2D eigenvalue weighted by molar-refractivity contribution is -0.172. The quantitative estimate of drug-likeness (QED) is 0.815. The standard InChI is InChI=1S/C16H24O4/c17-15(18)13-11-7-3-1-5-9(11)10-6-2-4-8-12(10)14(13)16(19)20/h9-14H,1-8H2,(H,17,18)(H,19,20)/t9-,10-,11-,12-,13-,14+/m0/s1. The molecule has 0 amide bonds. The first kappa shape index (κ1) is 13.9. The number of fused-ring (bicyclic) bond motifs is 3. The highest BCUT2D eigenvalue weighted by atomic mass is 16.4. The second-order valence-electron chi connectivity index (χ2n) is 6.95. The molecule has 0 aromatic rings. The maximum Gasteiger partial charge on any atom is 0.307 e. The van der Waals surface area contributed by atoms with Gasteiger partial charge in [0, 0.05) is 0 Å². The van der Waals surface area contributed by atoms with Crippen molar-refractivity contribution in [2.45, 2.75) is 51.4 Å². The summed E-state index contributed by atoms with van der Waals surface area (Å²) in [4.78, 5) is 23.5. The highest BCUT2D eigenvalue weighted by Crippen LogP contribution is 2.56. The van der Waals surface area contributed by atoms with E-state index in [9.17, 15) is 19.8 Å². The Morgan fingerprint density at radius 2 is 0.900 bits per heavy atom. The Morgan fingerprint density at radius 3 is 1.20 bits per heavy atom. The van der Waals surface area contributed by atoms with Crippen LogP contribution in [0.1, 0.15) is 51.4 Å². The minimum absolute atomic E-state index is 0.0988. The number of rotatable bonds is 2.